The third kappa shape index (κ3) is 3.39. The number of nitrogens with one attached hydrogen (secondary N) is 1. The minimum absolute atomic E-state index is 0.699. The largest absolute Gasteiger partial charge is 0.311 e. The molecule has 2 aliphatic rings. The van der Waals surface area contributed by atoms with Crippen LogP contribution in [0.15, 0.2) is 0 Å². The van der Waals surface area contributed by atoms with Crippen LogP contribution in [0.1, 0.15) is 40.0 Å². The zero-order chi connectivity index (χ0) is 12.3. The second-order valence-electron chi connectivity index (χ2n) is 5.89. The van der Waals surface area contributed by atoms with E-state index < -0.39 is 0 Å². The summed E-state index contributed by atoms with van der Waals surface area (Å²) in [4.78, 5) is 2.83. The highest BCUT2D eigenvalue weighted by Crippen LogP contribution is 2.26. The van der Waals surface area contributed by atoms with Gasteiger partial charge in [0.2, 0.25) is 0 Å². The molecule has 2 saturated heterocycles. The molecular formula is C14H28N2S. The van der Waals surface area contributed by atoms with E-state index in [1.54, 1.807) is 0 Å². The van der Waals surface area contributed by atoms with Crippen LogP contribution in [0.25, 0.3) is 0 Å². The van der Waals surface area contributed by atoms with Crippen molar-refractivity contribution < 1.29 is 0 Å². The average Bonchev–Trinajstić information content (AvgIpc) is 2.39. The highest BCUT2D eigenvalue weighted by molar-refractivity contribution is 7.99. The first-order valence-corrected chi connectivity index (χ1v) is 8.44. The molecule has 2 fully saturated rings. The number of thioether (sulfide) groups is 1. The van der Waals surface area contributed by atoms with Crippen LogP contribution in [0.3, 0.4) is 0 Å². The summed E-state index contributed by atoms with van der Waals surface area (Å²) < 4.78 is 0. The van der Waals surface area contributed by atoms with E-state index in [0.717, 1.165) is 18.0 Å². The normalized spacial score (nSPS) is 36.4. The third-order valence-electron chi connectivity index (χ3n) is 4.37. The summed E-state index contributed by atoms with van der Waals surface area (Å²) in [5, 5.41) is 3.74. The van der Waals surface area contributed by atoms with Crippen molar-refractivity contribution in [1.29, 1.82) is 0 Å². The minimum atomic E-state index is 0.699. The Morgan fingerprint density at radius 1 is 1.41 bits per heavy atom. The SMILES string of the molecule is CCC1CNC(C(C)C)CN1C1CCCSC1. The van der Waals surface area contributed by atoms with Crippen molar-refractivity contribution in [2.45, 2.75) is 58.2 Å². The molecule has 0 amide bonds. The highest BCUT2D eigenvalue weighted by Gasteiger charge is 2.33. The molecule has 3 atom stereocenters. The van der Waals surface area contributed by atoms with Crippen molar-refractivity contribution in [1.82, 2.24) is 10.2 Å². The van der Waals surface area contributed by atoms with Crippen molar-refractivity contribution in [2.24, 2.45) is 5.92 Å². The Hall–Kier alpha value is 0.270. The zero-order valence-corrected chi connectivity index (χ0v) is 12.4. The first kappa shape index (κ1) is 13.7. The molecule has 0 aromatic rings. The number of rotatable bonds is 3. The summed E-state index contributed by atoms with van der Waals surface area (Å²) in [6.45, 7) is 9.49. The molecule has 100 valence electrons. The van der Waals surface area contributed by atoms with Crippen molar-refractivity contribution in [3.8, 4) is 0 Å². The van der Waals surface area contributed by atoms with E-state index in [1.807, 2.05) is 0 Å². The predicted molar refractivity (Wildman–Crippen MR) is 77.8 cm³/mol. The molecule has 0 aromatic carbocycles. The Morgan fingerprint density at radius 3 is 2.82 bits per heavy atom. The number of hydrogen-bond donors (Lipinski definition) is 1. The molecule has 3 unspecified atom stereocenters. The molecule has 0 spiro atoms. The van der Waals surface area contributed by atoms with Crippen LogP contribution in [0.2, 0.25) is 0 Å². The van der Waals surface area contributed by atoms with Gasteiger partial charge in [0.1, 0.15) is 0 Å². The molecule has 2 heterocycles. The van der Waals surface area contributed by atoms with Gasteiger partial charge in [-0.3, -0.25) is 4.90 Å². The van der Waals surface area contributed by atoms with Gasteiger partial charge >= 0.3 is 0 Å². The molecule has 1 N–H and O–H groups in total. The Balaban J connectivity index is 1.98. The molecule has 3 heteroatoms. The molecule has 0 radical (unpaired) electrons. The monoisotopic (exact) mass is 256 g/mol. The van der Waals surface area contributed by atoms with Gasteiger partial charge in [0, 0.05) is 37.0 Å². The maximum absolute atomic E-state index is 3.74. The van der Waals surface area contributed by atoms with Crippen LogP contribution in [0, 0.1) is 5.92 Å². The van der Waals surface area contributed by atoms with Crippen LogP contribution in [-0.2, 0) is 0 Å². The first-order valence-electron chi connectivity index (χ1n) is 7.29. The van der Waals surface area contributed by atoms with Crippen molar-refractivity contribution in [3.63, 3.8) is 0 Å². The summed E-state index contributed by atoms with van der Waals surface area (Å²) in [6.07, 6.45) is 4.13. The standard InChI is InChI=1S/C14H28N2S/c1-4-12-8-15-14(11(2)3)9-16(12)13-6-5-7-17-10-13/h11-15H,4-10H2,1-3H3. The van der Waals surface area contributed by atoms with E-state index in [0.29, 0.717) is 6.04 Å². The number of piperazine rings is 1. The number of hydrogen-bond acceptors (Lipinski definition) is 3. The molecule has 2 nitrogen and oxygen atoms in total. The Bertz CT molecular complexity index is 226. The van der Waals surface area contributed by atoms with Crippen LogP contribution >= 0.6 is 11.8 Å². The lowest BCUT2D eigenvalue weighted by atomic mass is 9.96. The van der Waals surface area contributed by atoms with Gasteiger partial charge in [0.05, 0.1) is 0 Å². The molecular weight excluding hydrogens is 228 g/mol. The summed E-state index contributed by atoms with van der Waals surface area (Å²) in [5.74, 6) is 3.50. The van der Waals surface area contributed by atoms with Crippen LogP contribution in [-0.4, -0.2) is 47.6 Å². The van der Waals surface area contributed by atoms with E-state index in [-0.39, 0.29) is 0 Å². The summed E-state index contributed by atoms with van der Waals surface area (Å²) in [6, 6.07) is 2.32. The van der Waals surface area contributed by atoms with Crippen molar-refractivity contribution in [2.75, 3.05) is 24.6 Å². The number of nitrogens with zero attached hydrogens (tertiary/aromatic N) is 1. The molecule has 17 heavy (non-hydrogen) atoms. The van der Waals surface area contributed by atoms with Gasteiger partial charge in [0.25, 0.3) is 0 Å². The zero-order valence-electron chi connectivity index (χ0n) is 11.6. The fourth-order valence-corrected chi connectivity index (χ4v) is 4.27. The van der Waals surface area contributed by atoms with Gasteiger partial charge in [-0.1, -0.05) is 20.8 Å². The second-order valence-corrected chi connectivity index (χ2v) is 7.04. The molecule has 0 saturated carbocycles. The lowest BCUT2D eigenvalue weighted by Gasteiger charge is -2.46. The smallest absolute Gasteiger partial charge is 0.0222 e. The second kappa shape index (κ2) is 6.44. The fraction of sp³-hybridized carbons (Fsp3) is 1.00. The van der Waals surface area contributed by atoms with E-state index in [9.17, 15) is 0 Å². The lowest BCUT2D eigenvalue weighted by Crippen LogP contribution is -2.61. The van der Waals surface area contributed by atoms with Gasteiger partial charge in [-0.2, -0.15) is 11.8 Å². The van der Waals surface area contributed by atoms with Gasteiger partial charge in [-0.05, 0) is 30.9 Å². The molecule has 2 rings (SSSR count). The summed E-state index contributed by atoms with van der Waals surface area (Å²) in [7, 11) is 0. The van der Waals surface area contributed by atoms with E-state index in [1.165, 1.54) is 43.9 Å². The molecule has 2 aliphatic heterocycles. The maximum atomic E-state index is 3.74. The average molecular weight is 256 g/mol. The van der Waals surface area contributed by atoms with E-state index >= 15 is 0 Å². The molecule has 0 aliphatic carbocycles. The predicted octanol–water partition coefficient (Wildman–Crippen LogP) is 2.59. The van der Waals surface area contributed by atoms with Crippen LogP contribution < -0.4 is 5.32 Å². The summed E-state index contributed by atoms with van der Waals surface area (Å²) in [5.41, 5.74) is 0. The summed E-state index contributed by atoms with van der Waals surface area (Å²) >= 11 is 2.16. The highest BCUT2D eigenvalue weighted by atomic mass is 32.2. The fourth-order valence-electron chi connectivity index (χ4n) is 3.10. The first-order chi connectivity index (χ1) is 8.22. The van der Waals surface area contributed by atoms with Gasteiger partial charge in [-0.15, -0.1) is 0 Å². The van der Waals surface area contributed by atoms with Crippen molar-refractivity contribution >= 4 is 11.8 Å². The van der Waals surface area contributed by atoms with Crippen molar-refractivity contribution in [3.05, 3.63) is 0 Å². The minimum Gasteiger partial charge on any atom is -0.311 e. The third-order valence-corrected chi connectivity index (χ3v) is 5.57. The Morgan fingerprint density at radius 2 is 2.24 bits per heavy atom. The Labute approximate surface area is 111 Å². The van der Waals surface area contributed by atoms with E-state index in [2.05, 4.69) is 42.7 Å². The van der Waals surface area contributed by atoms with Gasteiger partial charge in [-0.25, -0.2) is 0 Å². The molecule has 0 aromatic heterocycles. The van der Waals surface area contributed by atoms with Crippen LogP contribution in [0.4, 0.5) is 0 Å². The Kier molecular flexibility index (Phi) is 5.19. The molecule has 0 bridgehead atoms. The van der Waals surface area contributed by atoms with Gasteiger partial charge in [0.15, 0.2) is 0 Å². The van der Waals surface area contributed by atoms with E-state index in [4.69, 9.17) is 0 Å². The van der Waals surface area contributed by atoms with Gasteiger partial charge < -0.3 is 5.32 Å². The topological polar surface area (TPSA) is 15.3 Å². The maximum Gasteiger partial charge on any atom is 0.0222 e. The lowest BCUT2D eigenvalue weighted by molar-refractivity contribution is 0.0709. The quantitative estimate of drug-likeness (QED) is 0.835. The van der Waals surface area contributed by atoms with Crippen LogP contribution in [0.5, 0.6) is 0 Å².